The average Bonchev–Trinajstić information content (AvgIpc) is 3.01. The summed E-state index contributed by atoms with van der Waals surface area (Å²) in [6, 6.07) is 16.3. The van der Waals surface area contributed by atoms with Crippen molar-refractivity contribution in [2.75, 3.05) is 0 Å². The number of aromatic nitrogens is 2. The van der Waals surface area contributed by atoms with Gasteiger partial charge in [-0.2, -0.15) is 0 Å². The Morgan fingerprint density at radius 3 is 2.52 bits per heavy atom. The number of nitrogens with zero attached hydrogens (tertiary/aromatic N) is 2. The molecular weight excluding hydrogens is 328 g/mol. The number of aryl methyl sites for hydroxylation is 1. The third-order valence-electron chi connectivity index (χ3n) is 3.49. The van der Waals surface area contributed by atoms with Gasteiger partial charge in [0.2, 0.25) is 5.89 Å². The zero-order valence-corrected chi connectivity index (χ0v) is 14.4. The van der Waals surface area contributed by atoms with Gasteiger partial charge in [0.05, 0.1) is 6.42 Å². The molecule has 5 heteroatoms. The average molecular weight is 345 g/mol. The summed E-state index contributed by atoms with van der Waals surface area (Å²) in [5.41, 5.74) is 3.65. The summed E-state index contributed by atoms with van der Waals surface area (Å²) < 4.78 is 5.70. The van der Waals surface area contributed by atoms with Crippen molar-refractivity contribution in [3.05, 3.63) is 76.1 Å². The van der Waals surface area contributed by atoms with Gasteiger partial charge in [-0.15, -0.1) is 10.2 Å². The Morgan fingerprint density at radius 1 is 1.00 bits per heavy atom. The Labute approximate surface area is 145 Å². The van der Waals surface area contributed by atoms with Crippen LogP contribution in [0, 0.1) is 0 Å². The molecule has 23 heavy (non-hydrogen) atoms. The van der Waals surface area contributed by atoms with Crippen LogP contribution in [0.4, 0.5) is 0 Å². The molecule has 0 aliphatic heterocycles. The van der Waals surface area contributed by atoms with Crippen LogP contribution in [0.15, 0.2) is 58.2 Å². The topological polar surface area (TPSA) is 38.9 Å². The van der Waals surface area contributed by atoms with Crippen molar-refractivity contribution >= 4 is 23.4 Å². The van der Waals surface area contributed by atoms with E-state index in [0.717, 1.165) is 22.8 Å². The normalized spacial score (nSPS) is 10.9. The SMILES string of the molecule is CCc1ccc(Cc2nnc(SCc3cccc(Cl)c3)o2)cc1. The first kappa shape index (κ1) is 16.1. The predicted octanol–water partition coefficient (Wildman–Crippen LogP) is 5.17. The number of hydrogen-bond donors (Lipinski definition) is 0. The molecule has 0 aliphatic carbocycles. The highest BCUT2D eigenvalue weighted by Gasteiger charge is 2.08. The van der Waals surface area contributed by atoms with E-state index in [1.54, 1.807) is 0 Å². The third-order valence-corrected chi connectivity index (χ3v) is 4.61. The van der Waals surface area contributed by atoms with E-state index in [0.29, 0.717) is 17.5 Å². The maximum atomic E-state index is 5.98. The fourth-order valence-corrected chi connectivity index (χ4v) is 3.14. The first-order valence-electron chi connectivity index (χ1n) is 7.50. The fourth-order valence-electron chi connectivity index (χ4n) is 2.21. The van der Waals surface area contributed by atoms with Gasteiger partial charge in [-0.1, -0.05) is 66.7 Å². The van der Waals surface area contributed by atoms with Crippen molar-refractivity contribution in [1.29, 1.82) is 0 Å². The molecule has 0 aliphatic rings. The van der Waals surface area contributed by atoms with E-state index < -0.39 is 0 Å². The number of halogens is 1. The second kappa shape index (κ2) is 7.66. The molecule has 1 aromatic heterocycles. The van der Waals surface area contributed by atoms with Crippen LogP contribution in [0.3, 0.4) is 0 Å². The van der Waals surface area contributed by atoms with Gasteiger partial charge in [0.15, 0.2) is 0 Å². The van der Waals surface area contributed by atoms with Crippen molar-refractivity contribution in [3.8, 4) is 0 Å². The van der Waals surface area contributed by atoms with Gasteiger partial charge in [0.1, 0.15) is 0 Å². The highest BCUT2D eigenvalue weighted by atomic mass is 35.5. The Balaban J connectivity index is 1.59. The molecule has 1 heterocycles. The lowest BCUT2D eigenvalue weighted by Crippen LogP contribution is -1.89. The summed E-state index contributed by atoms with van der Waals surface area (Å²) in [5.74, 6) is 1.40. The Bertz CT molecular complexity index is 771. The molecule has 0 amide bonds. The lowest BCUT2D eigenvalue weighted by Gasteiger charge is -2.00. The summed E-state index contributed by atoms with van der Waals surface area (Å²) in [4.78, 5) is 0. The van der Waals surface area contributed by atoms with Crippen LogP contribution in [-0.2, 0) is 18.6 Å². The minimum atomic E-state index is 0.588. The fraction of sp³-hybridized carbons (Fsp3) is 0.222. The number of thioether (sulfide) groups is 1. The van der Waals surface area contributed by atoms with E-state index in [1.807, 2.05) is 24.3 Å². The second-order valence-electron chi connectivity index (χ2n) is 5.23. The lowest BCUT2D eigenvalue weighted by atomic mass is 10.1. The summed E-state index contributed by atoms with van der Waals surface area (Å²) in [6.45, 7) is 2.15. The van der Waals surface area contributed by atoms with E-state index in [-0.39, 0.29) is 0 Å². The molecule has 118 valence electrons. The molecule has 0 unspecified atom stereocenters. The van der Waals surface area contributed by atoms with E-state index in [2.05, 4.69) is 41.4 Å². The molecule has 0 radical (unpaired) electrons. The first-order chi connectivity index (χ1) is 11.2. The number of hydrogen-bond acceptors (Lipinski definition) is 4. The Hall–Kier alpha value is -1.78. The van der Waals surface area contributed by atoms with Crippen LogP contribution >= 0.6 is 23.4 Å². The second-order valence-corrected chi connectivity index (χ2v) is 6.59. The molecule has 0 fully saturated rings. The van der Waals surface area contributed by atoms with Gasteiger partial charge in [0.25, 0.3) is 5.22 Å². The molecular formula is C18H17ClN2OS. The van der Waals surface area contributed by atoms with Gasteiger partial charge in [0, 0.05) is 10.8 Å². The zero-order valence-electron chi connectivity index (χ0n) is 12.8. The maximum Gasteiger partial charge on any atom is 0.276 e. The lowest BCUT2D eigenvalue weighted by molar-refractivity contribution is 0.420. The minimum Gasteiger partial charge on any atom is -0.416 e. The van der Waals surface area contributed by atoms with Gasteiger partial charge in [-0.05, 0) is 35.2 Å². The van der Waals surface area contributed by atoms with Crippen LogP contribution in [0.2, 0.25) is 5.02 Å². The summed E-state index contributed by atoms with van der Waals surface area (Å²) >= 11 is 7.50. The zero-order chi connectivity index (χ0) is 16.1. The molecule has 0 spiro atoms. The number of benzene rings is 2. The summed E-state index contributed by atoms with van der Waals surface area (Å²) in [7, 11) is 0. The van der Waals surface area contributed by atoms with Crippen LogP contribution in [0.5, 0.6) is 0 Å². The minimum absolute atomic E-state index is 0.588. The molecule has 0 saturated carbocycles. The smallest absolute Gasteiger partial charge is 0.276 e. The van der Waals surface area contributed by atoms with Crippen molar-refractivity contribution in [3.63, 3.8) is 0 Å². The highest BCUT2D eigenvalue weighted by Crippen LogP contribution is 2.23. The molecule has 3 nitrogen and oxygen atoms in total. The quantitative estimate of drug-likeness (QED) is 0.578. The summed E-state index contributed by atoms with van der Waals surface area (Å²) in [5, 5.41) is 9.55. The molecule has 0 saturated heterocycles. The monoisotopic (exact) mass is 344 g/mol. The van der Waals surface area contributed by atoms with Crippen LogP contribution < -0.4 is 0 Å². The maximum absolute atomic E-state index is 5.98. The van der Waals surface area contributed by atoms with Gasteiger partial charge >= 0.3 is 0 Å². The predicted molar refractivity (Wildman–Crippen MR) is 93.9 cm³/mol. The molecule has 0 atom stereocenters. The molecule has 3 rings (SSSR count). The standard InChI is InChI=1S/C18H17ClN2OS/c1-2-13-6-8-14(9-7-13)11-17-20-21-18(22-17)23-12-15-4-3-5-16(19)10-15/h3-10H,2,11-12H2,1H3. The molecule has 0 bridgehead atoms. The molecule has 3 aromatic rings. The van der Waals surface area contributed by atoms with Crippen molar-refractivity contribution in [2.24, 2.45) is 0 Å². The van der Waals surface area contributed by atoms with Gasteiger partial charge in [-0.25, -0.2) is 0 Å². The Kier molecular flexibility index (Phi) is 5.36. The largest absolute Gasteiger partial charge is 0.416 e. The van der Waals surface area contributed by atoms with E-state index in [1.165, 1.54) is 22.9 Å². The molecule has 0 N–H and O–H groups in total. The highest BCUT2D eigenvalue weighted by molar-refractivity contribution is 7.98. The number of rotatable bonds is 6. The third kappa shape index (κ3) is 4.60. The van der Waals surface area contributed by atoms with Crippen molar-refractivity contribution in [2.45, 2.75) is 30.7 Å². The first-order valence-corrected chi connectivity index (χ1v) is 8.86. The van der Waals surface area contributed by atoms with Gasteiger partial charge in [-0.3, -0.25) is 0 Å². The van der Waals surface area contributed by atoms with Crippen molar-refractivity contribution < 1.29 is 4.42 Å². The molecule has 2 aromatic carbocycles. The Morgan fingerprint density at radius 2 is 1.78 bits per heavy atom. The van der Waals surface area contributed by atoms with Crippen LogP contribution in [0.1, 0.15) is 29.5 Å². The van der Waals surface area contributed by atoms with Crippen LogP contribution in [0.25, 0.3) is 0 Å². The van der Waals surface area contributed by atoms with E-state index >= 15 is 0 Å². The van der Waals surface area contributed by atoms with Gasteiger partial charge < -0.3 is 4.42 Å². The van der Waals surface area contributed by atoms with Crippen molar-refractivity contribution in [1.82, 2.24) is 10.2 Å². The van der Waals surface area contributed by atoms with E-state index in [4.69, 9.17) is 16.0 Å². The summed E-state index contributed by atoms with van der Waals surface area (Å²) in [6.07, 6.45) is 1.71. The van der Waals surface area contributed by atoms with Crippen LogP contribution in [-0.4, -0.2) is 10.2 Å². The van der Waals surface area contributed by atoms with E-state index in [9.17, 15) is 0 Å².